The molecule has 5 nitrogen and oxygen atoms in total. The number of benzene rings is 1. The first-order valence-electron chi connectivity index (χ1n) is 7.22. The first-order valence-corrected chi connectivity index (χ1v) is 7.22. The van der Waals surface area contributed by atoms with Crippen LogP contribution in [0.4, 0.5) is 5.69 Å². The van der Waals surface area contributed by atoms with Gasteiger partial charge < -0.3 is 15.0 Å². The summed E-state index contributed by atoms with van der Waals surface area (Å²) >= 11 is 0. The van der Waals surface area contributed by atoms with E-state index in [1.807, 2.05) is 18.2 Å². The SMILES string of the molecule is O=C(Nc1ccc2nc([C@H]3CCCO3)[nH]c2c1)C1CC1. The quantitative estimate of drug-likeness (QED) is 0.902. The molecule has 0 spiro atoms. The Hall–Kier alpha value is -1.88. The highest BCUT2D eigenvalue weighted by atomic mass is 16.5. The summed E-state index contributed by atoms with van der Waals surface area (Å²) in [5, 5.41) is 2.96. The van der Waals surface area contributed by atoms with E-state index in [0.717, 1.165) is 54.8 Å². The molecule has 0 unspecified atom stereocenters. The minimum Gasteiger partial charge on any atom is -0.370 e. The summed E-state index contributed by atoms with van der Waals surface area (Å²) in [4.78, 5) is 19.6. The number of aromatic nitrogens is 2. The van der Waals surface area contributed by atoms with Gasteiger partial charge in [0, 0.05) is 18.2 Å². The molecular weight excluding hydrogens is 254 g/mol. The van der Waals surface area contributed by atoms with Gasteiger partial charge in [-0.15, -0.1) is 0 Å². The molecule has 1 aliphatic carbocycles. The van der Waals surface area contributed by atoms with Crippen molar-refractivity contribution in [3.05, 3.63) is 24.0 Å². The third-order valence-electron chi connectivity index (χ3n) is 3.95. The van der Waals surface area contributed by atoms with Crippen LogP contribution in [0.1, 0.15) is 37.6 Å². The lowest BCUT2D eigenvalue weighted by Gasteiger charge is -2.04. The zero-order chi connectivity index (χ0) is 13.5. The number of nitrogens with zero attached hydrogens (tertiary/aromatic N) is 1. The minimum absolute atomic E-state index is 0.0897. The topological polar surface area (TPSA) is 67.0 Å². The maximum absolute atomic E-state index is 11.8. The second-order valence-corrected chi connectivity index (χ2v) is 5.62. The van der Waals surface area contributed by atoms with Crippen LogP contribution >= 0.6 is 0 Å². The minimum atomic E-state index is 0.0897. The Kier molecular flexibility index (Phi) is 2.73. The van der Waals surface area contributed by atoms with Crippen molar-refractivity contribution < 1.29 is 9.53 Å². The van der Waals surface area contributed by atoms with Gasteiger partial charge in [-0.05, 0) is 43.9 Å². The number of fused-ring (bicyclic) bond motifs is 1. The van der Waals surface area contributed by atoms with Gasteiger partial charge in [0.15, 0.2) is 0 Å². The van der Waals surface area contributed by atoms with E-state index in [9.17, 15) is 4.79 Å². The molecule has 0 bridgehead atoms. The van der Waals surface area contributed by atoms with Gasteiger partial charge >= 0.3 is 0 Å². The van der Waals surface area contributed by atoms with Crippen molar-refractivity contribution in [2.75, 3.05) is 11.9 Å². The summed E-state index contributed by atoms with van der Waals surface area (Å²) < 4.78 is 5.64. The molecule has 1 aromatic carbocycles. The number of ether oxygens (including phenoxy) is 1. The molecule has 2 aliphatic rings. The van der Waals surface area contributed by atoms with Crippen molar-refractivity contribution in [1.29, 1.82) is 0 Å². The summed E-state index contributed by atoms with van der Waals surface area (Å²) in [6.07, 6.45) is 4.23. The zero-order valence-corrected chi connectivity index (χ0v) is 11.2. The number of hydrogen-bond acceptors (Lipinski definition) is 3. The van der Waals surface area contributed by atoms with Crippen molar-refractivity contribution in [2.45, 2.75) is 31.8 Å². The molecular formula is C15H17N3O2. The second kappa shape index (κ2) is 4.59. The first kappa shape index (κ1) is 11.9. The van der Waals surface area contributed by atoms with Crippen molar-refractivity contribution in [2.24, 2.45) is 5.92 Å². The highest BCUT2D eigenvalue weighted by molar-refractivity contribution is 5.95. The number of carbonyl (C=O) groups excluding carboxylic acids is 1. The lowest BCUT2D eigenvalue weighted by atomic mass is 10.2. The van der Waals surface area contributed by atoms with Gasteiger partial charge in [0.1, 0.15) is 11.9 Å². The Morgan fingerprint density at radius 2 is 2.25 bits per heavy atom. The molecule has 1 atom stereocenters. The Morgan fingerprint density at radius 1 is 1.35 bits per heavy atom. The molecule has 1 aromatic heterocycles. The number of nitrogens with one attached hydrogen (secondary N) is 2. The smallest absolute Gasteiger partial charge is 0.227 e. The van der Waals surface area contributed by atoms with Crippen molar-refractivity contribution in [3.8, 4) is 0 Å². The maximum Gasteiger partial charge on any atom is 0.227 e. The Bertz CT molecular complexity index is 654. The van der Waals surface area contributed by atoms with Crippen LogP contribution < -0.4 is 5.32 Å². The van der Waals surface area contributed by atoms with Crippen molar-refractivity contribution in [1.82, 2.24) is 9.97 Å². The standard InChI is InChI=1S/C15H17N3O2/c19-15(9-3-4-9)16-10-5-6-11-12(8-10)18-14(17-11)13-2-1-7-20-13/h5-6,8-9,13H,1-4,7H2,(H,16,19)(H,17,18)/t13-/m1/s1. The number of rotatable bonds is 3. The normalized spacial score (nSPS) is 22.3. The second-order valence-electron chi connectivity index (χ2n) is 5.62. The van der Waals surface area contributed by atoms with Crippen LogP contribution in [0, 0.1) is 5.92 Å². The van der Waals surface area contributed by atoms with Crippen LogP contribution in [-0.4, -0.2) is 22.5 Å². The molecule has 1 amide bonds. The Morgan fingerprint density at radius 3 is 3.00 bits per heavy atom. The molecule has 2 heterocycles. The fourth-order valence-electron chi connectivity index (χ4n) is 2.64. The number of aromatic amines is 1. The van der Waals surface area contributed by atoms with E-state index in [2.05, 4.69) is 15.3 Å². The summed E-state index contributed by atoms with van der Waals surface area (Å²) in [7, 11) is 0. The van der Waals surface area contributed by atoms with Crippen LogP contribution in [-0.2, 0) is 9.53 Å². The molecule has 2 aromatic rings. The molecule has 0 radical (unpaired) electrons. The van der Waals surface area contributed by atoms with Gasteiger partial charge in [0.05, 0.1) is 11.0 Å². The van der Waals surface area contributed by atoms with Crippen LogP contribution in [0.5, 0.6) is 0 Å². The van der Waals surface area contributed by atoms with Gasteiger partial charge in [-0.3, -0.25) is 4.79 Å². The zero-order valence-electron chi connectivity index (χ0n) is 11.2. The Labute approximate surface area is 116 Å². The average molecular weight is 271 g/mol. The van der Waals surface area contributed by atoms with Crippen LogP contribution in [0.25, 0.3) is 11.0 Å². The van der Waals surface area contributed by atoms with Crippen LogP contribution in [0.3, 0.4) is 0 Å². The van der Waals surface area contributed by atoms with Gasteiger partial charge in [-0.25, -0.2) is 4.98 Å². The highest BCUT2D eigenvalue weighted by Crippen LogP contribution is 2.31. The highest BCUT2D eigenvalue weighted by Gasteiger charge is 2.29. The van der Waals surface area contributed by atoms with Gasteiger partial charge in [-0.1, -0.05) is 0 Å². The van der Waals surface area contributed by atoms with Crippen molar-refractivity contribution >= 4 is 22.6 Å². The maximum atomic E-state index is 11.8. The first-order chi connectivity index (χ1) is 9.79. The van der Waals surface area contributed by atoms with Gasteiger partial charge in [-0.2, -0.15) is 0 Å². The predicted molar refractivity (Wildman–Crippen MR) is 75.4 cm³/mol. The number of H-pyrrole nitrogens is 1. The largest absolute Gasteiger partial charge is 0.370 e. The molecule has 104 valence electrons. The third-order valence-corrected chi connectivity index (χ3v) is 3.95. The predicted octanol–water partition coefficient (Wildman–Crippen LogP) is 2.76. The van der Waals surface area contributed by atoms with Crippen LogP contribution in [0.2, 0.25) is 0 Å². The van der Waals surface area contributed by atoms with E-state index in [-0.39, 0.29) is 17.9 Å². The van der Waals surface area contributed by atoms with Crippen molar-refractivity contribution in [3.63, 3.8) is 0 Å². The summed E-state index contributed by atoms with van der Waals surface area (Å²) in [6.45, 7) is 0.810. The number of hydrogen-bond donors (Lipinski definition) is 2. The summed E-state index contributed by atoms with van der Waals surface area (Å²) in [5.41, 5.74) is 2.70. The fourth-order valence-corrected chi connectivity index (χ4v) is 2.64. The molecule has 2 N–H and O–H groups in total. The number of anilines is 1. The van der Waals surface area contributed by atoms with Gasteiger partial charge in [0.2, 0.25) is 5.91 Å². The van der Waals surface area contributed by atoms with E-state index >= 15 is 0 Å². The van der Waals surface area contributed by atoms with E-state index in [1.165, 1.54) is 0 Å². The summed E-state index contributed by atoms with van der Waals surface area (Å²) in [6, 6.07) is 5.79. The molecule has 1 saturated carbocycles. The molecule has 4 rings (SSSR count). The fraction of sp³-hybridized carbons (Fsp3) is 0.467. The lowest BCUT2D eigenvalue weighted by Crippen LogP contribution is -2.12. The van der Waals surface area contributed by atoms with Crippen LogP contribution in [0.15, 0.2) is 18.2 Å². The number of imidazole rings is 1. The van der Waals surface area contributed by atoms with E-state index in [1.54, 1.807) is 0 Å². The number of carbonyl (C=O) groups is 1. The molecule has 1 saturated heterocycles. The van der Waals surface area contributed by atoms with E-state index < -0.39 is 0 Å². The Balaban J connectivity index is 1.59. The third kappa shape index (κ3) is 2.18. The molecule has 2 fully saturated rings. The number of amides is 1. The molecule has 20 heavy (non-hydrogen) atoms. The average Bonchev–Trinajstić information content (AvgIpc) is 3.00. The van der Waals surface area contributed by atoms with E-state index in [4.69, 9.17) is 4.74 Å². The van der Waals surface area contributed by atoms with E-state index in [0.29, 0.717) is 0 Å². The lowest BCUT2D eigenvalue weighted by molar-refractivity contribution is -0.117. The molecule has 1 aliphatic heterocycles. The summed E-state index contributed by atoms with van der Waals surface area (Å²) in [5.74, 6) is 1.24. The monoisotopic (exact) mass is 271 g/mol. The van der Waals surface area contributed by atoms with Gasteiger partial charge in [0.25, 0.3) is 0 Å². The molecule has 5 heteroatoms.